The van der Waals surface area contributed by atoms with Crippen LogP contribution in [0.5, 0.6) is 0 Å². The van der Waals surface area contributed by atoms with E-state index in [1.165, 1.54) is 17.8 Å². The van der Waals surface area contributed by atoms with E-state index in [2.05, 4.69) is 26.3 Å². The number of anilines is 2. The Labute approximate surface area is 309 Å². The van der Waals surface area contributed by atoms with Crippen molar-refractivity contribution >= 4 is 75.0 Å². The largest absolute Gasteiger partial charge is 0.383 e. The number of piperidine rings is 1. The van der Waals surface area contributed by atoms with E-state index in [1.807, 2.05) is 37.5 Å². The number of thioether (sulfide) groups is 1. The van der Waals surface area contributed by atoms with Gasteiger partial charge in [0.15, 0.2) is 5.17 Å². The van der Waals surface area contributed by atoms with Gasteiger partial charge in [-0.3, -0.25) is 39.0 Å². The maximum Gasteiger partial charge on any atom is 0.262 e. The topological polar surface area (TPSA) is 185 Å². The van der Waals surface area contributed by atoms with Crippen LogP contribution in [0.1, 0.15) is 68.4 Å². The zero-order chi connectivity index (χ0) is 37.5. The molecular formula is C38H38N6O8S. The fraction of sp³-hybridized carbons (Fsp3) is 0.289. The second kappa shape index (κ2) is 16.8. The highest BCUT2D eigenvalue weighted by Crippen LogP contribution is 2.34. The Hall–Kier alpha value is -5.64. The number of amidine groups is 1. The molecule has 4 N–H and O–H groups in total. The predicted octanol–water partition coefficient (Wildman–Crippen LogP) is 4.40. The lowest BCUT2D eigenvalue weighted by Gasteiger charge is -2.27. The Bertz CT molecular complexity index is 2050. The summed E-state index contributed by atoms with van der Waals surface area (Å²) < 4.78 is 11.1. The predicted molar refractivity (Wildman–Crippen MR) is 200 cm³/mol. The number of fused-ring (bicyclic) bond motifs is 2. The van der Waals surface area contributed by atoms with Crippen molar-refractivity contribution in [3.63, 3.8) is 0 Å². The summed E-state index contributed by atoms with van der Waals surface area (Å²) in [7, 11) is 0. The molecule has 6 rings (SSSR count). The highest BCUT2D eigenvalue weighted by Gasteiger charge is 2.44. The summed E-state index contributed by atoms with van der Waals surface area (Å²) in [4.78, 5) is 80.8. The molecule has 6 amide bonds. The maximum absolute atomic E-state index is 13.1. The lowest BCUT2D eigenvalue weighted by Crippen LogP contribution is -2.54. The zero-order valence-corrected chi connectivity index (χ0v) is 30.0. The van der Waals surface area contributed by atoms with Crippen molar-refractivity contribution in [3.05, 3.63) is 93.9 Å². The first kappa shape index (κ1) is 37.1. The molecule has 3 aliphatic heterocycles. The summed E-state index contributed by atoms with van der Waals surface area (Å²) >= 11 is 1.34. The summed E-state index contributed by atoms with van der Waals surface area (Å²) in [6.07, 6.45) is 0.258. The van der Waals surface area contributed by atoms with E-state index >= 15 is 0 Å². The number of aryl methyl sites for hydroxylation is 1. The van der Waals surface area contributed by atoms with Gasteiger partial charge in [0.05, 0.1) is 49.7 Å². The van der Waals surface area contributed by atoms with Crippen LogP contribution in [-0.2, 0) is 23.9 Å². The Morgan fingerprint density at radius 3 is 2.47 bits per heavy atom. The minimum absolute atomic E-state index is 0.0563. The molecule has 15 heteroatoms. The first-order valence-corrected chi connectivity index (χ1v) is 18.0. The number of benzene rings is 3. The third-order valence-corrected chi connectivity index (χ3v) is 9.59. The summed E-state index contributed by atoms with van der Waals surface area (Å²) in [6.45, 7) is 5.53. The fourth-order valence-electron chi connectivity index (χ4n) is 6.12. The Morgan fingerprint density at radius 2 is 1.66 bits per heavy atom. The number of amides is 6. The van der Waals surface area contributed by atoms with Crippen molar-refractivity contribution in [2.24, 2.45) is 4.99 Å². The maximum atomic E-state index is 13.1. The molecule has 53 heavy (non-hydrogen) atoms. The van der Waals surface area contributed by atoms with Gasteiger partial charge in [0.2, 0.25) is 17.7 Å². The van der Waals surface area contributed by atoms with E-state index in [9.17, 15) is 28.8 Å². The Balaban J connectivity index is 0.867. The molecule has 0 aliphatic carbocycles. The summed E-state index contributed by atoms with van der Waals surface area (Å²) in [5, 5.41) is 13.4. The highest BCUT2D eigenvalue weighted by atomic mass is 32.2. The molecule has 3 aromatic rings. The van der Waals surface area contributed by atoms with Gasteiger partial charge in [0.25, 0.3) is 17.7 Å². The summed E-state index contributed by atoms with van der Waals surface area (Å²) in [6, 6.07) is 16.3. The highest BCUT2D eigenvalue weighted by molar-refractivity contribution is 8.16. The summed E-state index contributed by atoms with van der Waals surface area (Å²) in [5.74, 6) is -2.82. The number of imide groups is 2. The van der Waals surface area contributed by atoms with Crippen molar-refractivity contribution in [3.8, 4) is 0 Å². The molecule has 0 spiro atoms. The van der Waals surface area contributed by atoms with E-state index in [4.69, 9.17) is 9.47 Å². The third-order valence-electron chi connectivity index (χ3n) is 8.70. The van der Waals surface area contributed by atoms with Crippen molar-refractivity contribution < 1.29 is 38.2 Å². The van der Waals surface area contributed by atoms with Crippen molar-refractivity contribution in [2.75, 3.05) is 43.6 Å². The van der Waals surface area contributed by atoms with Crippen molar-refractivity contribution in [2.45, 2.75) is 39.2 Å². The van der Waals surface area contributed by atoms with Crippen LogP contribution in [0.15, 0.2) is 71.1 Å². The van der Waals surface area contributed by atoms with Gasteiger partial charge in [-0.1, -0.05) is 30.0 Å². The van der Waals surface area contributed by atoms with Gasteiger partial charge < -0.3 is 25.4 Å². The van der Waals surface area contributed by atoms with Crippen LogP contribution in [0.4, 0.5) is 17.1 Å². The van der Waals surface area contributed by atoms with Gasteiger partial charge in [-0.2, -0.15) is 0 Å². The van der Waals surface area contributed by atoms with E-state index in [0.717, 1.165) is 27.3 Å². The molecule has 14 nitrogen and oxygen atoms in total. The monoisotopic (exact) mass is 738 g/mol. The second-order valence-electron chi connectivity index (χ2n) is 12.5. The molecule has 0 radical (unpaired) electrons. The Morgan fingerprint density at radius 1 is 0.887 bits per heavy atom. The molecule has 1 atom stereocenters. The smallest absolute Gasteiger partial charge is 0.262 e. The molecule has 0 saturated carbocycles. The van der Waals surface area contributed by atoms with Gasteiger partial charge in [0, 0.05) is 35.5 Å². The van der Waals surface area contributed by atoms with Crippen molar-refractivity contribution in [1.82, 2.24) is 15.5 Å². The van der Waals surface area contributed by atoms with Crippen LogP contribution in [0.25, 0.3) is 5.57 Å². The number of carbonyl (C=O) groups is 6. The quantitative estimate of drug-likeness (QED) is 0.145. The molecule has 0 aromatic heterocycles. The number of aliphatic imine (C=N–C) groups is 1. The fourth-order valence-corrected chi connectivity index (χ4v) is 6.83. The van der Waals surface area contributed by atoms with E-state index in [0.29, 0.717) is 41.9 Å². The molecule has 1 saturated heterocycles. The number of carbonyl (C=O) groups excluding carboxylic acids is 6. The third kappa shape index (κ3) is 8.88. The van der Waals surface area contributed by atoms with Gasteiger partial charge in [-0.25, -0.2) is 4.99 Å². The van der Waals surface area contributed by atoms with Gasteiger partial charge in [-0.05, 0) is 79.3 Å². The minimum atomic E-state index is -1.02. The normalized spacial score (nSPS) is 16.6. The average molecular weight is 739 g/mol. The van der Waals surface area contributed by atoms with Crippen LogP contribution in [0.3, 0.4) is 0 Å². The van der Waals surface area contributed by atoms with Crippen molar-refractivity contribution in [1.29, 1.82) is 0 Å². The number of hydrogen-bond donors (Lipinski definition) is 4. The molecule has 274 valence electrons. The second-order valence-corrected chi connectivity index (χ2v) is 13.4. The molecule has 1 fully saturated rings. The standard InChI is InChI=1S/C38H38N6O8S/c1-22-5-3-8-29-33(22)23(2)21-53-38(41-29)43-34(47)24-6-4-7-26(19-24)40-32(46)13-15-51-17-18-52-16-14-39-25-9-10-27-28(20-25)37(50)44(36(27)49)30-11-12-31(45)42-35(30)48/h3-10,19-21,30,39H,11-18H2,1-2H3,(H,40,46)(H,41,43,47)(H,42,45,48). The van der Waals surface area contributed by atoms with Gasteiger partial charge in [-0.15, -0.1) is 0 Å². The van der Waals surface area contributed by atoms with Crippen LogP contribution in [-0.4, -0.2) is 84.5 Å². The minimum Gasteiger partial charge on any atom is -0.383 e. The number of hydrogen-bond acceptors (Lipinski definition) is 11. The van der Waals surface area contributed by atoms with E-state index < -0.39 is 29.7 Å². The molecular weight excluding hydrogens is 701 g/mol. The SMILES string of the molecule is CC1=CSC(NC(=O)c2cccc(NC(=O)CCOCCOCCNc3ccc4c(c3)C(=O)N(C3CCC(=O)NC3=O)C4=O)c2)=Nc2cccc(C)c21. The van der Waals surface area contributed by atoms with Crippen LogP contribution in [0, 0.1) is 6.92 Å². The molecule has 3 heterocycles. The lowest BCUT2D eigenvalue weighted by atomic mass is 10.0. The number of nitrogens with one attached hydrogen (secondary N) is 4. The average Bonchev–Trinajstić information content (AvgIpc) is 3.25. The number of nitrogens with zero attached hydrogens (tertiary/aromatic N) is 2. The zero-order valence-electron chi connectivity index (χ0n) is 29.2. The van der Waals surface area contributed by atoms with E-state index in [-0.39, 0.29) is 55.4 Å². The molecule has 3 aliphatic rings. The number of rotatable bonds is 13. The van der Waals surface area contributed by atoms with Crippen LogP contribution >= 0.6 is 11.8 Å². The lowest BCUT2D eigenvalue weighted by molar-refractivity contribution is -0.136. The van der Waals surface area contributed by atoms with Crippen LogP contribution < -0.4 is 21.3 Å². The number of ether oxygens (including phenoxy) is 2. The van der Waals surface area contributed by atoms with E-state index in [1.54, 1.807) is 36.4 Å². The molecule has 0 bridgehead atoms. The van der Waals surface area contributed by atoms with Gasteiger partial charge >= 0.3 is 0 Å². The molecule has 1 unspecified atom stereocenters. The Kier molecular flexibility index (Phi) is 11.8. The molecule has 3 aromatic carbocycles. The first-order valence-electron chi connectivity index (χ1n) is 17.1. The van der Waals surface area contributed by atoms with Crippen LogP contribution in [0.2, 0.25) is 0 Å². The first-order chi connectivity index (χ1) is 25.6. The van der Waals surface area contributed by atoms with Gasteiger partial charge in [0.1, 0.15) is 6.04 Å². The summed E-state index contributed by atoms with van der Waals surface area (Å²) in [5.41, 5.74) is 5.89. The number of allylic oxidation sites excluding steroid dienone is 1.